The summed E-state index contributed by atoms with van der Waals surface area (Å²) in [4.78, 5) is 0. The van der Waals surface area contributed by atoms with E-state index in [9.17, 15) is 8.42 Å². The summed E-state index contributed by atoms with van der Waals surface area (Å²) in [5, 5.41) is 7.51. The summed E-state index contributed by atoms with van der Waals surface area (Å²) in [5.74, 6) is -0.141. The molecule has 0 aromatic heterocycles. The highest BCUT2D eigenvalue weighted by atomic mass is 32.2. The van der Waals surface area contributed by atoms with Gasteiger partial charge in [0.1, 0.15) is 0 Å². The molecular formula is C7H13NO3S. The lowest BCUT2D eigenvalue weighted by molar-refractivity contribution is 0.473. The van der Waals surface area contributed by atoms with Crippen molar-refractivity contribution < 1.29 is 13.0 Å². The predicted octanol–water partition coefficient (Wildman–Crippen LogP) is 1.23. The molecule has 12 heavy (non-hydrogen) atoms. The fraction of sp³-hybridized carbons (Fsp3) is 0.571. The Kier molecular flexibility index (Phi) is 7.80. The number of nitriles is 1. The summed E-state index contributed by atoms with van der Waals surface area (Å²) < 4.78 is 28.2. The van der Waals surface area contributed by atoms with E-state index >= 15 is 0 Å². The predicted molar refractivity (Wildman–Crippen MR) is 47.1 cm³/mol. The first-order valence-electron chi connectivity index (χ1n) is 3.29. The first kappa shape index (κ1) is 13.7. The zero-order valence-corrected chi connectivity index (χ0v) is 8.00. The normalized spacial score (nSPS) is 9.58. The number of hydrogen-bond acceptors (Lipinski definition) is 3. The Morgan fingerprint density at radius 2 is 2.00 bits per heavy atom. The molecule has 0 rings (SSSR count). The minimum absolute atomic E-state index is 0.00463. The molecule has 1 N–H and O–H groups in total. The molecule has 0 radical (unpaired) electrons. The van der Waals surface area contributed by atoms with Gasteiger partial charge in [0.15, 0.2) is 0 Å². The van der Waals surface area contributed by atoms with Crippen LogP contribution in [0.4, 0.5) is 0 Å². The Morgan fingerprint density at radius 1 is 1.67 bits per heavy atom. The van der Waals surface area contributed by atoms with Gasteiger partial charge in [0, 0.05) is 6.08 Å². The van der Waals surface area contributed by atoms with Gasteiger partial charge in [-0.05, 0) is 5.92 Å². The van der Waals surface area contributed by atoms with Crippen molar-refractivity contribution in [3.05, 3.63) is 12.7 Å². The highest BCUT2D eigenvalue weighted by Gasteiger charge is 2.05. The van der Waals surface area contributed by atoms with E-state index in [1.54, 1.807) is 19.9 Å². The summed E-state index contributed by atoms with van der Waals surface area (Å²) in [6.45, 7) is 6.58. The summed E-state index contributed by atoms with van der Waals surface area (Å²) >= 11 is 0. The Labute approximate surface area is 73.3 Å². The standard InChI is InChI=1S/C4H10O3S.C3H3N/c1-4(2)3-8(5,6)7;1-2-3-4/h4H,3H2,1-2H3,(H,5,6,7);2H,1H2. The molecular weight excluding hydrogens is 178 g/mol. The van der Waals surface area contributed by atoms with Crippen molar-refractivity contribution in [1.82, 2.24) is 0 Å². The minimum Gasteiger partial charge on any atom is -0.286 e. The second-order valence-corrected chi connectivity index (χ2v) is 3.97. The smallest absolute Gasteiger partial charge is 0.265 e. The van der Waals surface area contributed by atoms with Crippen molar-refractivity contribution in [3.63, 3.8) is 0 Å². The minimum atomic E-state index is -3.72. The number of nitrogens with zero attached hydrogens (tertiary/aromatic N) is 1. The van der Waals surface area contributed by atoms with Crippen molar-refractivity contribution in [2.24, 2.45) is 5.92 Å². The van der Waals surface area contributed by atoms with Gasteiger partial charge in [-0.3, -0.25) is 4.55 Å². The zero-order chi connectivity index (χ0) is 10.2. The van der Waals surface area contributed by atoms with Crippen LogP contribution in [0.5, 0.6) is 0 Å². The maximum atomic E-state index is 10.00. The van der Waals surface area contributed by atoms with E-state index in [4.69, 9.17) is 9.81 Å². The van der Waals surface area contributed by atoms with Gasteiger partial charge < -0.3 is 0 Å². The number of hydrogen-bond donors (Lipinski definition) is 1. The molecule has 0 unspecified atom stereocenters. The van der Waals surface area contributed by atoms with E-state index in [0.29, 0.717) is 0 Å². The lowest BCUT2D eigenvalue weighted by atomic mass is 10.3. The molecule has 0 spiro atoms. The van der Waals surface area contributed by atoms with Crippen LogP contribution in [0, 0.1) is 17.2 Å². The highest BCUT2D eigenvalue weighted by Crippen LogP contribution is 1.95. The lowest BCUT2D eigenvalue weighted by Crippen LogP contribution is -2.09. The maximum absolute atomic E-state index is 10.00. The van der Waals surface area contributed by atoms with Crippen molar-refractivity contribution >= 4 is 10.1 Å². The molecule has 0 aliphatic carbocycles. The van der Waals surface area contributed by atoms with Gasteiger partial charge in [0.2, 0.25) is 0 Å². The van der Waals surface area contributed by atoms with Crippen LogP contribution in [0.25, 0.3) is 0 Å². The molecule has 0 aromatic carbocycles. The van der Waals surface area contributed by atoms with E-state index in [-0.39, 0.29) is 11.7 Å². The van der Waals surface area contributed by atoms with Crippen LogP contribution in [0.3, 0.4) is 0 Å². The fourth-order valence-corrected chi connectivity index (χ4v) is 1.26. The third-order valence-corrected chi connectivity index (χ3v) is 1.72. The van der Waals surface area contributed by atoms with Gasteiger partial charge in [-0.25, -0.2) is 0 Å². The van der Waals surface area contributed by atoms with Gasteiger partial charge in [-0.1, -0.05) is 20.4 Å². The third-order valence-electron chi connectivity index (χ3n) is 0.635. The molecule has 70 valence electrons. The maximum Gasteiger partial charge on any atom is 0.265 e. The molecule has 0 aromatic rings. The van der Waals surface area contributed by atoms with Gasteiger partial charge >= 0.3 is 0 Å². The van der Waals surface area contributed by atoms with E-state index in [0.717, 1.165) is 0 Å². The molecule has 0 fully saturated rings. The van der Waals surface area contributed by atoms with Crippen LogP contribution < -0.4 is 0 Å². The Morgan fingerprint density at radius 3 is 2.00 bits per heavy atom. The van der Waals surface area contributed by atoms with E-state index in [1.165, 1.54) is 6.08 Å². The number of allylic oxidation sites excluding steroid dienone is 1. The highest BCUT2D eigenvalue weighted by molar-refractivity contribution is 7.85. The average Bonchev–Trinajstić information content (AvgIpc) is 1.83. The largest absolute Gasteiger partial charge is 0.286 e. The van der Waals surface area contributed by atoms with Crippen LogP contribution in [0.1, 0.15) is 13.8 Å². The van der Waals surface area contributed by atoms with Crippen molar-refractivity contribution in [2.75, 3.05) is 5.75 Å². The summed E-state index contributed by atoms with van der Waals surface area (Å²) in [7, 11) is -3.72. The van der Waals surface area contributed by atoms with Crippen LogP contribution in [0.2, 0.25) is 0 Å². The SMILES string of the molecule is C=CC#N.CC(C)CS(=O)(=O)O. The fourth-order valence-electron chi connectivity index (χ4n) is 0.421. The molecule has 0 aliphatic rings. The van der Waals surface area contributed by atoms with Gasteiger partial charge in [-0.15, -0.1) is 0 Å². The van der Waals surface area contributed by atoms with E-state index in [1.807, 2.05) is 0 Å². The summed E-state index contributed by atoms with van der Waals surface area (Å²) in [5.41, 5.74) is 0. The molecule has 0 saturated carbocycles. The quantitative estimate of drug-likeness (QED) is 0.526. The van der Waals surface area contributed by atoms with Gasteiger partial charge in [0.25, 0.3) is 10.1 Å². The van der Waals surface area contributed by atoms with Crippen LogP contribution in [0.15, 0.2) is 12.7 Å². The Bertz CT molecular complexity index is 248. The van der Waals surface area contributed by atoms with Gasteiger partial charge in [-0.2, -0.15) is 13.7 Å². The zero-order valence-electron chi connectivity index (χ0n) is 7.19. The third kappa shape index (κ3) is 22.9. The van der Waals surface area contributed by atoms with Crippen molar-refractivity contribution in [1.29, 1.82) is 5.26 Å². The van der Waals surface area contributed by atoms with Crippen molar-refractivity contribution in [3.8, 4) is 6.07 Å². The molecule has 0 aliphatic heterocycles. The molecule has 4 nitrogen and oxygen atoms in total. The second kappa shape index (κ2) is 6.83. The topological polar surface area (TPSA) is 78.2 Å². The van der Waals surface area contributed by atoms with Crippen molar-refractivity contribution in [2.45, 2.75) is 13.8 Å². The second-order valence-electron chi connectivity index (χ2n) is 2.48. The van der Waals surface area contributed by atoms with Crippen LogP contribution in [-0.4, -0.2) is 18.7 Å². The molecule has 0 saturated heterocycles. The first-order valence-corrected chi connectivity index (χ1v) is 4.90. The monoisotopic (exact) mass is 191 g/mol. The Hall–Kier alpha value is -0.860. The van der Waals surface area contributed by atoms with E-state index in [2.05, 4.69) is 6.58 Å². The number of rotatable bonds is 2. The summed E-state index contributed by atoms with van der Waals surface area (Å²) in [6, 6.07) is 1.69. The molecule has 0 amide bonds. The molecule has 0 atom stereocenters. The molecule has 5 heteroatoms. The van der Waals surface area contributed by atoms with Crippen LogP contribution >= 0.6 is 0 Å². The van der Waals surface area contributed by atoms with E-state index < -0.39 is 10.1 Å². The Balaban J connectivity index is 0. The average molecular weight is 191 g/mol. The summed E-state index contributed by atoms with van der Waals surface area (Å²) in [6.07, 6.45) is 1.18. The van der Waals surface area contributed by atoms with Gasteiger partial charge in [0.05, 0.1) is 11.8 Å². The first-order chi connectivity index (χ1) is 5.33. The lowest BCUT2D eigenvalue weighted by Gasteiger charge is -1.97. The molecule has 0 bridgehead atoms. The van der Waals surface area contributed by atoms with Crippen LogP contribution in [-0.2, 0) is 10.1 Å². The molecule has 0 heterocycles.